The zero-order valence-corrected chi connectivity index (χ0v) is 12.8. The van der Waals surface area contributed by atoms with Gasteiger partial charge in [-0.1, -0.05) is 44.4 Å². The van der Waals surface area contributed by atoms with Crippen LogP contribution < -0.4 is 5.73 Å². The molecule has 0 heterocycles. The monoisotopic (exact) mass is 280 g/mol. The largest absolute Gasteiger partial charge is 0.398 e. The van der Waals surface area contributed by atoms with E-state index in [0.717, 1.165) is 19.1 Å². The van der Waals surface area contributed by atoms with Crippen molar-refractivity contribution in [1.82, 2.24) is 4.90 Å². The Labute approximate surface area is 121 Å². The van der Waals surface area contributed by atoms with Crippen molar-refractivity contribution in [3.63, 3.8) is 0 Å². The quantitative estimate of drug-likeness (QED) is 0.814. The van der Waals surface area contributed by atoms with Crippen molar-refractivity contribution in [1.29, 1.82) is 0 Å². The molecule has 0 atom stereocenters. The molecule has 1 aliphatic carbocycles. The molecule has 0 bridgehead atoms. The Kier molecular flexibility index (Phi) is 5.12. The zero-order chi connectivity index (χ0) is 13.8. The molecule has 0 aliphatic heterocycles. The minimum atomic E-state index is 0.668. The van der Waals surface area contributed by atoms with E-state index >= 15 is 0 Å². The molecule has 19 heavy (non-hydrogen) atoms. The number of nitrogen functional groups attached to an aromatic ring is 1. The molecular weight excluding hydrogens is 256 g/mol. The first-order chi connectivity index (χ1) is 9.06. The Hall–Kier alpha value is -0.730. The number of hydrogen-bond donors (Lipinski definition) is 1. The molecule has 1 aromatic carbocycles. The van der Waals surface area contributed by atoms with E-state index < -0.39 is 0 Å². The second kappa shape index (κ2) is 6.62. The lowest BCUT2D eigenvalue weighted by atomic mass is 10.1. The first-order valence-electron chi connectivity index (χ1n) is 7.34. The van der Waals surface area contributed by atoms with Crippen molar-refractivity contribution in [2.75, 3.05) is 12.3 Å². The Morgan fingerprint density at radius 1 is 1.32 bits per heavy atom. The highest BCUT2D eigenvalue weighted by molar-refractivity contribution is 6.33. The standard InChI is InChI=1S/C16H25ClN2/c1-12(2)10-19(14-5-3-4-6-14)11-13-7-8-16(18)15(17)9-13/h7-9,12,14H,3-6,10-11,18H2,1-2H3. The van der Waals surface area contributed by atoms with Gasteiger partial charge in [0.1, 0.15) is 0 Å². The van der Waals surface area contributed by atoms with Crippen LogP contribution in [0.15, 0.2) is 18.2 Å². The van der Waals surface area contributed by atoms with E-state index in [1.54, 1.807) is 0 Å². The van der Waals surface area contributed by atoms with Gasteiger partial charge in [0.2, 0.25) is 0 Å². The summed E-state index contributed by atoms with van der Waals surface area (Å²) in [4.78, 5) is 2.62. The summed E-state index contributed by atoms with van der Waals surface area (Å²) in [5.41, 5.74) is 7.72. The summed E-state index contributed by atoms with van der Waals surface area (Å²) in [6, 6.07) is 6.78. The molecule has 2 rings (SSSR count). The van der Waals surface area contributed by atoms with Gasteiger partial charge in [-0.3, -0.25) is 4.90 Å². The summed E-state index contributed by atoms with van der Waals surface area (Å²) in [6.07, 6.45) is 5.44. The molecule has 106 valence electrons. The van der Waals surface area contributed by atoms with Gasteiger partial charge < -0.3 is 5.73 Å². The maximum Gasteiger partial charge on any atom is 0.0638 e. The molecule has 0 spiro atoms. The maximum absolute atomic E-state index is 6.12. The number of anilines is 1. The number of rotatable bonds is 5. The minimum Gasteiger partial charge on any atom is -0.398 e. The van der Waals surface area contributed by atoms with Crippen molar-refractivity contribution in [2.24, 2.45) is 5.92 Å². The van der Waals surface area contributed by atoms with Crippen LogP contribution in [-0.2, 0) is 6.54 Å². The van der Waals surface area contributed by atoms with Crippen LogP contribution in [0, 0.1) is 5.92 Å². The Morgan fingerprint density at radius 2 is 2.00 bits per heavy atom. The number of benzene rings is 1. The summed E-state index contributed by atoms with van der Waals surface area (Å²) in [7, 11) is 0. The highest BCUT2D eigenvalue weighted by Gasteiger charge is 2.23. The Balaban J connectivity index is 2.07. The number of hydrogen-bond acceptors (Lipinski definition) is 2. The lowest BCUT2D eigenvalue weighted by Gasteiger charge is -2.30. The van der Waals surface area contributed by atoms with Crippen LogP contribution in [0.1, 0.15) is 45.1 Å². The average molecular weight is 281 g/mol. The second-order valence-corrected chi connectivity index (χ2v) is 6.52. The fourth-order valence-electron chi connectivity index (χ4n) is 2.98. The molecule has 3 heteroatoms. The first-order valence-corrected chi connectivity index (χ1v) is 7.72. The van der Waals surface area contributed by atoms with Crippen LogP contribution in [0.2, 0.25) is 5.02 Å². The second-order valence-electron chi connectivity index (χ2n) is 6.12. The SMILES string of the molecule is CC(C)CN(Cc1ccc(N)c(Cl)c1)C1CCCC1. The molecule has 1 aliphatic rings. The Morgan fingerprint density at radius 3 is 2.58 bits per heavy atom. The number of halogens is 1. The van der Waals surface area contributed by atoms with Crippen LogP contribution in [0.4, 0.5) is 5.69 Å². The van der Waals surface area contributed by atoms with E-state index in [0.29, 0.717) is 16.6 Å². The van der Waals surface area contributed by atoms with E-state index in [-0.39, 0.29) is 0 Å². The number of nitrogens with two attached hydrogens (primary N) is 1. The molecule has 2 N–H and O–H groups in total. The minimum absolute atomic E-state index is 0.668. The molecule has 1 fully saturated rings. The average Bonchev–Trinajstić information content (AvgIpc) is 2.86. The van der Waals surface area contributed by atoms with Crippen molar-refractivity contribution in [2.45, 2.75) is 52.1 Å². The van der Waals surface area contributed by atoms with Gasteiger partial charge in [-0.15, -0.1) is 0 Å². The molecule has 0 unspecified atom stereocenters. The van der Waals surface area contributed by atoms with Crippen molar-refractivity contribution < 1.29 is 0 Å². The van der Waals surface area contributed by atoms with Crippen LogP contribution in [0.3, 0.4) is 0 Å². The summed E-state index contributed by atoms with van der Waals surface area (Å²) < 4.78 is 0. The summed E-state index contributed by atoms with van der Waals surface area (Å²) in [5, 5.41) is 0.674. The maximum atomic E-state index is 6.12. The van der Waals surface area contributed by atoms with Crippen LogP contribution in [0.25, 0.3) is 0 Å². The van der Waals surface area contributed by atoms with E-state index in [2.05, 4.69) is 24.8 Å². The van der Waals surface area contributed by atoms with Gasteiger partial charge >= 0.3 is 0 Å². The molecule has 1 aromatic rings. The van der Waals surface area contributed by atoms with Gasteiger partial charge in [-0.05, 0) is 36.5 Å². The van der Waals surface area contributed by atoms with E-state index in [4.69, 9.17) is 17.3 Å². The molecule has 0 radical (unpaired) electrons. The van der Waals surface area contributed by atoms with Crippen LogP contribution in [-0.4, -0.2) is 17.5 Å². The fraction of sp³-hybridized carbons (Fsp3) is 0.625. The highest BCUT2D eigenvalue weighted by atomic mass is 35.5. The summed E-state index contributed by atoms with van der Waals surface area (Å²) >= 11 is 6.12. The van der Waals surface area contributed by atoms with Gasteiger partial charge in [-0.25, -0.2) is 0 Å². The molecule has 1 saturated carbocycles. The van der Waals surface area contributed by atoms with Crippen LogP contribution >= 0.6 is 11.6 Å². The van der Waals surface area contributed by atoms with Crippen molar-refractivity contribution >= 4 is 17.3 Å². The van der Waals surface area contributed by atoms with Crippen molar-refractivity contribution in [3.05, 3.63) is 28.8 Å². The fourth-order valence-corrected chi connectivity index (χ4v) is 3.19. The summed E-state index contributed by atoms with van der Waals surface area (Å²) in [6.45, 7) is 6.73. The first kappa shape index (κ1) is 14.7. The molecule has 2 nitrogen and oxygen atoms in total. The third-order valence-electron chi connectivity index (χ3n) is 3.89. The van der Waals surface area contributed by atoms with Crippen LogP contribution in [0.5, 0.6) is 0 Å². The predicted octanol–water partition coefficient (Wildman–Crippen LogP) is 4.32. The van der Waals surface area contributed by atoms with Crippen molar-refractivity contribution in [3.8, 4) is 0 Å². The van der Waals surface area contributed by atoms with Gasteiger partial charge in [-0.2, -0.15) is 0 Å². The van der Waals surface area contributed by atoms with E-state index in [9.17, 15) is 0 Å². The number of nitrogens with zero attached hydrogens (tertiary/aromatic N) is 1. The van der Waals surface area contributed by atoms with Gasteiger partial charge in [0.15, 0.2) is 0 Å². The third-order valence-corrected chi connectivity index (χ3v) is 4.22. The van der Waals surface area contributed by atoms with Gasteiger partial charge in [0, 0.05) is 19.1 Å². The van der Waals surface area contributed by atoms with E-state index in [1.165, 1.54) is 31.2 Å². The molecular formula is C16H25ClN2. The van der Waals surface area contributed by atoms with E-state index in [1.807, 2.05) is 12.1 Å². The normalized spacial score (nSPS) is 16.7. The van der Waals surface area contributed by atoms with Gasteiger partial charge in [0.05, 0.1) is 10.7 Å². The highest BCUT2D eigenvalue weighted by Crippen LogP contribution is 2.27. The van der Waals surface area contributed by atoms with Gasteiger partial charge in [0.25, 0.3) is 0 Å². The molecule has 0 aromatic heterocycles. The molecule has 0 saturated heterocycles. The predicted molar refractivity (Wildman–Crippen MR) is 83.4 cm³/mol. The summed E-state index contributed by atoms with van der Waals surface area (Å²) in [5.74, 6) is 0.699. The smallest absolute Gasteiger partial charge is 0.0638 e. The lowest BCUT2D eigenvalue weighted by molar-refractivity contribution is 0.168. The zero-order valence-electron chi connectivity index (χ0n) is 12.0. The topological polar surface area (TPSA) is 29.3 Å². The molecule has 0 amide bonds. The lowest BCUT2D eigenvalue weighted by Crippen LogP contribution is -2.35. The Bertz CT molecular complexity index is 411. The third kappa shape index (κ3) is 4.12.